The molecular formula is C16H19N5OS. The molecule has 120 valence electrons. The molecule has 1 aromatic carbocycles. The highest BCUT2D eigenvalue weighted by molar-refractivity contribution is 7.99. The number of nitrogens with one attached hydrogen (secondary N) is 1. The molecule has 0 unspecified atom stereocenters. The third-order valence-electron chi connectivity index (χ3n) is 2.77. The summed E-state index contributed by atoms with van der Waals surface area (Å²) < 4.78 is 0. The summed E-state index contributed by atoms with van der Waals surface area (Å²) in [6, 6.07) is 11.4. The smallest absolute Gasteiger partial charge is 0.250 e. The number of hydrogen-bond acceptors (Lipinski definition) is 6. The van der Waals surface area contributed by atoms with Crippen LogP contribution in [0.15, 0.2) is 46.5 Å². The molecule has 0 aliphatic carbocycles. The maximum atomic E-state index is 11.8. The van der Waals surface area contributed by atoms with E-state index in [4.69, 9.17) is 0 Å². The van der Waals surface area contributed by atoms with E-state index in [1.165, 1.54) is 11.8 Å². The fourth-order valence-corrected chi connectivity index (χ4v) is 2.43. The molecule has 0 aliphatic heterocycles. The molecule has 6 nitrogen and oxygen atoms in total. The molecule has 0 atom stereocenters. The summed E-state index contributed by atoms with van der Waals surface area (Å²) in [6.45, 7) is 1.91. The van der Waals surface area contributed by atoms with Crippen LogP contribution in [0.2, 0.25) is 0 Å². The monoisotopic (exact) mass is 329 g/mol. The van der Waals surface area contributed by atoms with Gasteiger partial charge in [-0.25, -0.2) is 15.4 Å². The van der Waals surface area contributed by atoms with Crippen LogP contribution in [-0.2, 0) is 4.79 Å². The average molecular weight is 329 g/mol. The van der Waals surface area contributed by atoms with Crippen molar-refractivity contribution in [1.82, 2.24) is 15.4 Å². The molecule has 1 heterocycles. The molecule has 7 heteroatoms. The summed E-state index contributed by atoms with van der Waals surface area (Å²) >= 11 is 1.36. The van der Waals surface area contributed by atoms with E-state index < -0.39 is 0 Å². The Morgan fingerprint density at radius 1 is 1.30 bits per heavy atom. The highest BCUT2D eigenvalue weighted by Crippen LogP contribution is 2.18. The first-order valence-corrected chi connectivity index (χ1v) is 8.06. The number of aromatic nitrogens is 2. The molecule has 0 fully saturated rings. The second-order valence-corrected chi connectivity index (χ2v) is 6.03. The van der Waals surface area contributed by atoms with E-state index in [1.54, 1.807) is 6.21 Å². The Hall–Kier alpha value is -2.41. The van der Waals surface area contributed by atoms with Crippen molar-refractivity contribution >= 4 is 29.8 Å². The number of benzene rings is 1. The van der Waals surface area contributed by atoms with Crippen molar-refractivity contribution < 1.29 is 4.79 Å². The van der Waals surface area contributed by atoms with Gasteiger partial charge in [-0.3, -0.25) is 4.79 Å². The standard InChI is InChI=1S/C16H19N5OS/c1-12-9-15(19-16(18-12)21(2)3)23-11-14(22)20-17-10-13-7-5-4-6-8-13/h4-10H,11H2,1-3H3,(H,20,22)/b17-10-. The molecular weight excluding hydrogens is 310 g/mol. The van der Waals surface area contributed by atoms with Crippen LogP contribution in [0.4, 0.5) is 5.95 Å². The number of carbonyl (C=O) groups is 1. The number of amides is 1. The number of nitrogens with zero attached hydrogens (tertiary/aromatic N) is 4. The highest BCUT2D eigenvalue weighted by atomic mass is 32.2. The van der Waals surface area contributed by atoms with Gasteiger partial charge in [-0.2, -0.15) is 5.10 Å². The van der Waals surface area contributed by atoms with Crippen molar-refractivity contribution in [2.75, 3.05) is 24.7 Å². The Kier molecular flexibility index (Phi) is 6.10. The lowest BCUT2D eigenvalue weighted by molar-refractivity contribution is -0.118. The molecule has 0 spiro atoms. The minimum Gasteiger partial charge on any atom is -0.347 e. The topological polar surface area (TPSA) is 70.5 Å². The Balaban J connectivity index is 1.86. The Morgan fingerprint density at radius 2 is 2.04 bits per heavy atom. The van der Waals surface area contributed by atoms with Crippen molar-refractivity contribution in [3.63, 3.8) is 0 Å². The zero-order valence-corrected chi connectivity index (χ0v) is 14.2. The number of anilines is 1. The van der Waals surface area contributed by atoms with Crippen molar-refractivity contribution in [1.29, 1.82) is 0 Å². The minimum atomic E-state index is -0.176. The molecule has 23 heavy (non-hydrogen) atoms. The molecule has 2 aromatic rings. The van der Waals surface area contributed by atoms with Gasteiger partial charge in [0.15, 0.2) is 0 Å². The molecule has 1 N–H and O–H groups in total. The molecule has 1 aromatic heterocycles. The van der Waals surface area contributed by atoms with Crippen molar-refractivity contribution in [3.05, 3.63) is 47.7 Å². The van der Waals surface area contributed by atoms with Gasteiger partial charge < -0.3 is 4.90 Å². The largest absolute Gasteiger partial charge is 0.347 e. The first-order chi connectivity index (χ1) is 11.0. The zero-order chi connectivity index (χ0) is 16.7. The number of aryl methyl sites for hydroxylation is 1. The van der Waals surface area contributed by atoms with Crippen LogP contribution in [0.5, 0.6) is 0 Å². The second-order valence-electron chi connectivity index (χ2n) is 5.03. The fraction of sp³-hybridized carbons (Fsp3) is 0.250. The number of thioether (sulfide) groups is 1. The molecule has 0 saturated carbocycles. The Morgan fingerprint density at radius 3 is 2.74 bits per heavy atom. The summed E-state index contributed by atoms with van der Waals surface area (Å²) in [5, 5.41) is 4.71. The zero-order valence-electron chi connectivity index (χ0n) is 13.4. The predicted octanol–water partition coefficient (Wildman–Crippen LogP) is 2.09. The summed E-state index contributed by atoms with van der Waals surface area (Å²) in [6.07, 6.45) is 1.61. The quantitative estimate of drug-likeness (QED) is 0.380. The van der Waals surface area contributed by atoms with Crippen molar-refractivity contribution in [3.8, 4) is 0 Å². The first kappa shape index (κ1) is 17.0. The van der Waals surface area contributed by atoms with E-state index in [-0.39, 0.29) is 11.7 Å². The molecule has 0 saturated heterocycles. The van der Waals surface area contributed by atoms with Gasteiger partial charge in [-0.05, 0) is 18.6 Å². The van der Waals surface area contributed by atoms with Crippen LogP contribution in [0.3, 0.4) is 0 Å². The normalized spacial score (nSPS) is 10.7. The maximum Gasteiger partial charge on any atom is 0.250 e. The summed E-state index contributed by atoms with van der Waals surface area (Å²) in [5.41, 5.74) is 4.31. The molecule has 2 rings (SSSR count). The third kappa shape index (κ3) is 5.71. The van der Waals surface area contributed by atoms with Gasteiger partial charge in [-0.15, -0.1) is 0 Å². The van der Waals surface area contributed by atoms with Gasteiger partial charge in [0, 0.05) is 19.8 Å². The van der Waals surface area contributed by atoms with Crippen LogP contribution in [0, 0.1) is 6.92 Å². The van der Waals surface area contributed by atoms with Gasteiger partial charge in [0.05, 0.1) is 12.0 Å². The van der Waals surface area contributed by atoms with E-state index in [2.05, 4.69) is 20.5 Å². The third-order valence-corrected chi connectivity index (χ3v) is 3.68. The second kappa shape index (κ2) is 8.28. The van der Waals surface area contributed by atoms with E-state index >= 15 is 0 Å². The fourth-order valence-electron chi connectivity index (χ4n) is 1.69. The van der Waals surface area contributed by atoms with Crippen molar-refractivity contribution in [2.24, 2.45) is 5.10 Å². The van der Waals surface area contributed by atoms with Crippen LogP contribution < -0.4 is 10.3 Å². The number of carbonyl (C=O) groups excluding carboxylic acids is 1. The molecule has 0 radical (unpaired) electrons. The minimum absolute atomic E-state index is 0.176. The Labute approximate surface area is 140 Å². The predicted molar refractivity (Wildman–Crippen MR) is 94.0 cm³/mol. The van der Waals surface area contributed by atoms with Gasteiger partial charge >= 0.3 is 0 Å². The van der Waals surface area contributed by atoms with E-state index in [9.17, 15) is 4.79 Å². The first-order valence-electron chi connectivity index (χ1n) is 7.07. The maximum absolute atomic E-state index is 11.8. The number of rotatable bonds is 6. The van der Waals surface area contributed by atoms with E-state index in [0.29, 0.717) is 5.95 Å². The number of hydrazone groups is 1. The lowest BCUT2D eigenvalue weighted by atomic mass is 10.2. The van der Waals surface area contributed by atoms with Crippen LogP contribution in [0.25, 0.3) is 0 Å². The van der Waals surface area contributed by atoms with E-state index in [0.717, 1.165) is 16.3 Å². The van der Waals surface area contributed by atoms with Gasteiger partial charge in [0.25, 0.3) is 0 Å². The van der Waals surface area contributed by atoms with Gasteiger partial charge in [-0.1, -0.05) is 42.1 Å². The van der Waals surface area contributed by atoms with Crippen LogP contribution in [-0.4, -0.2) is 41.9 Å². The molecule has 0 bridgehead atoms. The lowest BCUT2D eigenvalue weighted by Gasteiger charge is -2.11. The summed E-state index contributed by atoms with van der Waals surface area (Å²) in [4.78, 5) is 22.4. The average Bonchev–Trinajstić information content (AvgIpc) is 2.53. The highest BCUT2D eigenvalue weighted by Gasteiger charge is 2.07. The number of hydrogen-bond donors (Lipinski definition) is 1. The van der Waals surface area contributed by atoms with Gasteiger partial charge in [0.1, 0.15) is 5.03 Å². The van der Waals surface area contributed by atoms with Crippen LogP contribution >= 0.6 is 11.8 Å². The Bertz CT molecular complexity index is 688. The van der Waals surface area contributed by atoms with Crippen molar-refractivity contribution in [2.45, 2.75) is 11.9 Å². The lowest BCUT2D eigenvalue weighted by Crippen LogP contribution is -2.20. The molecule has 1 amide bonds. The SMILES string of the molecule is Cc1cc(SCC(=O)N/N=C\c2ccccc2)nc(N(C)C)n1. The summed E-state index contributed by atoms with van der Waals surface area (Å²) in [7, 11) is 3.77. The summed E-state index contributed by atoms with van der Waals surface area (Å²) in [5.74, 6) is 0.704. The van der Waals surface area contributed by atoms with E-state index in [1.807, 2.05) is 62.3 Å². The van der Waals surface area contributed by atoms with Crippen LogP contribution in [0.1, 0.15) is 11.3 Å². The molecule has 0 aliphatic rings. The van der Waals surface area contributed by atoms with Gasteiger partial charge in [0.2, 0.25) is 11.9 Å².